The Bertz CT molecular complexity index is 1250. The third-order valence-electron chi connectivity index (χ3n) is 4.83. The Morgan fingerprint density at radius 2 is 2.00 bits per heavy atom. The average molecular weight is 443 g/mol. The fourth-order valence-electron chi connectivity index (χ4n) is 3.42. The first kappa shape index (κ1) is 20.5. The van der Waals surface area contributed by atoms with E-state index in [2.05, 4.69) is 5.10 Å². The van der Waals surface area contributed by atoms with Crippen molar-refractivity contribution in [3.63, 3.8) is 0 Å². The minimum absolute atomic E-state index is 0.275. The normalized spacial score (nSPS) is 11.2. The molecule has 2 heterocycles. The molecule has 5 nitrogen and oxygen atoms in total. The molecule has 0 N–H and O–H groups in total. The van der Waals surface area contributed by atoms with E-state index in [1.807, 2.05) is 43.7 Å². The Balaban J connectivity index is 1.73. The molecule has 4 aromatic rings. The Morgan fingerprint density at radius 3 is 2.70 bits per heavy atom. The second kappa shape index (κ2) is 8.16. The zero-order chi connectivity index (χ0) is 21.4. The molecule has 1 amide bonds. The summed E-state index contributed by atoms with van der Waals surface area (Å²) >= 11 is 7.59. The minimum atomic E-state index is -0.453. The zero-order valence-corrected chi connectivity index (χ0v) is 18.4. The van der Waals surface area contributed by atoms with Crippen molar-refractivity contribution in [1.29, 1.82) is 0 Å². The van der Waals surface area contributed by atoms with Crippen molar-refractivity contribution >= 4 is 44.2 Å². The molecule has 8 heteroatoms. The molecule has 0 atom stereocenters. The molecule has 0 bridgehead atoms. The van der Waals surface area contributed by atoms with E-state index in [1.54, 1.807) is 11.0 Å². The molecule has 0 aliphatic rings. The molecule has 154 valence electrons. The van der Waals surface area contributed by atoms with Gasteiger partial charge in [-0.15, -0.1) is 0 Å². The van der Waals surface area contributed by atoms with E-state index in [0.717, 1.165) is 27.2 Å². The van der Waals surface area contributed by atoms with Gasteiger partial charge in [0.1, 0.15) is 5.82 Å². The standard InChI is InChI=1S/C22H20ClFN4OS/c1-13-9-17(23)12-19-20(13)25-22(30-19)27(7-8-28-15(3)10-14(2)26-28)21(29)16-5-4-6-18(24)11-16/h4-6,9-12H,7-8H2,1-3H3. The maximum absolute atomic E-state index is 13.8. The Hall–Kier alpha value is -2.77. The van der Waals surface area contributed by atoms with Gasteiger partial charge in [0.25, 0.3) is 5.91 Å². The topological polar surface area (TPSA) is 51.0 Å². The first-order chi connectivity index (χ1) is 14.3. The number of benzene rings is 2. The number of hydrogen-bond donors (Lipinski definition) is 0. The number of carbonyl (C=O) groups is 1. The SMILES string of the molecule is Cc1cc(C)n(CCN(C(=O)c2cccc(F)c2)c2nc3c(C)cc(Cl)cc3s2)n1. The molecule has 0 fully saturated rings. The maximum atomic E-state index is 13.8. The number of amides is 1. The third kappa shape index (κ3) is 4.08. The number of nitrogens with zero attached hydrogens (tertiary/aromatic N) is 4. The summed E-state index contributed by atoms with van der Waals surface area (Å²) in [6.07, 6.45) is 0. The van der Waals surface area contributed by atoms with Crippen LogP contribution >= 0.6 is 22.9 Å². The molecule has 0 unspecified atom stereocenters. The van der Waals surface area contributed by atoms with Crippen LogP contribution in [-0.4, -0.2) is 27.2 Å². The molecule has 4 rings (SSSR count). The van der Waals surface area contributed by atoms with Gasteiger partial charge in [-0.3, -0.25) is 14.4 Å². The van der Waals surface area contributed by atoms with Crippen LogP contribution in [-0.2, 0) is 6.54 Å². The number of thiazole rings is 1. The quantitative estimate of drug-likeness (QED) is 0.406. The molecule has 0 aliphatic carbocycles. The molecule has 30 heavy (non-hydrogen) atoms. The lowest BCUT2D eigenvalue weighted by Gasteiger charge is -2.20. The summed E-state index contributed by atoms with van der Waals surface area (Å²) in [7, 11) is 0. The number of aromatic nitrogens is 3. The number of anilines is 1. The van der Waals surface area contributed by atoms with Gasteiger partial charge in [-0.25, -0.2) is 9.37 Å². The van der Waals surface area contributed by atoms with E-state index in [4.69, 9.17) is 16.6 Å². The van der Waals surface area contributed by atoms with Crippen LogP contribution in [0.4, 0.5) is 9.52 Å². The van der Waals surface area contributed by atoms with E-state index >= 15 is 0 Å². The fraction of sp³-hybridized carbons (Fsp3) is 0.227. The van der Waals surface area contributed by atoms with E-state index in [0.29, 0.717) is 23.2 Å². The maximum Gasteiger partial charge on any atom is 0.260 e. The van der Waals surface area contributed by atoms with E-state index < -0.39 is 5.82 Å². The summed E-state index contributed by atoms with van der Waals surface area (Å²) in [5, 5.41) is 5.65. The molecule has 0 aliphatic heterocycles. The predicted molar refractivity (Wildman–Crippen MR) is 119 cm³/mol. The highest BCUT2D eigenvalue weighted by Gasteiger charge is 2.22. The number of fused-ring (bicyclic) bond motifs is 1. The van der Waals surface area contributed by atoms with Crippen molar-refractivity contribution in [3.05, 3.63) is 75.8 Å². The summed E-state index contributed by atoms with van der Waals surface area (Å²) in [5.41, 5.74) is 3.95. The number of halogens is 2. The van der Waals surface area contributed by atoms with Gasteiger partial charge in [0.05, 0.1) is 22.5 Å². The van der Waals surface area contributed by atoms with Gasteiger partial charge in [0.15, 0.2) is 5.13 Å². The Morgan fingerprint density at radius 1 is 1.20 bits per heavy atom. The smallest absolute Gasteiger partial charge is 0.260 e. The molecule has 2 aromatic heterocycles. The summed E-state index contributed by atoms with van der Waals surface area (Å²) < 4.78 is 16.5. The van der Waals surface area contributed by atoms with Crippen LogP contribution in [0, 0.1) is 26.6 Å². The van der Waals surface area contributed by atoms with Crippen LogP contribution in [0.15, 0.2) is 42.5 Å². The average Bonchev–Trinajstić information content (AvgIpc) is 3.24. The lowest BCUT2D eigenvalue weighted by Crippen LogP contribution is -2.34. The Kier molecular flexibility index (Phi) is 5.58. The summed E-state index contributed by atoms with van der Waals surface area (Å²) in [6.45, 7) is 6.69. The minimum Gasteiger partial charge on any atom is -0.282 e. The van der Waals surface area contributed by atoms with Gasteiger partial charge >= 0.3 is 0 Å². The van der Waals surface area contributed by atoms with E-state index in [-0.39, 0.29) is 11.5 Å². The highest BCUT2D eigenvalue weighted by molar-refractivity contribution is 7.22. The molecule has 2 aromatic carbocycles. The van der Waals surface area contributed by atoms with Crippen LogP contribution in [0.25, 0.3) is 10.2 Å². The molecule has 0 spiro atoms. The fourth-order valence-corrected chi connectivity index (χ4v) is 4.86. The van der Waals surface area contributed by atoms with Gasteiger partial charge in [0, 0.05) is 22.8 Å². The van der Waals surface area contributed by atoms with Gasteiger partial charge < -0.3 is 0 Å². The predicted octanol–water partition coefficient (Wildman–Crippen LogP) is 5.56. The summed E-state index contributed by atoms with van der Waals surface area (Å²) in [4.78, 5) is 19.6. The lowest BCUT2D eigenvalue weighted by atomic mass is 10.2. The molecule has 0 saturated carbocycles. The largest absolute Gasteiger partial charge is 0.282 e. The van der Waals surface area contributed by atoms with Gasteiger partial charge in [-0.2, -0.15) is 5.10 Å². The van der Waals surface area contributed by atoms with Crippen molar-refractivity contribution < 1.29 is 9.18 Å². The van der Waals surface area contributed by atoms with E-state index in [9.17, 15) is 9.18 Å². The summed E-state index contributed by atoms with van der Waals surface area (Å²) in [6, 6.07) is 11.4. The van der Waals surface area contributed by atoms with Gasteiger partial charge in [0.2, 0.25) is 0 Å². The molecule has 0 saturated heterocycles. The number of hydrogen-bond acceptors (Lipinski definition) is 4. The first-order valence-corrected chi connectivity index (χ1v) is 10.7. The van der Waals surface area contributed by atoms with Crippen LogP contribution in [0.5, 0.6) is 0 Å². The third-order valence-corrected chi connectivity index (χ3v) is 6.07. The van der Waals surface area contributed by atoms with E-state index in [1.165, 1.54) is 29.5 Å². The lowest BCUT2D eigenvalue weighted by molar-refractivity contribution is 0.0985. The Labute approximate surface area is 182 Å². The molecular formula is C22H20ClFN4OS. The molecule has 0 radical (unpaired) electrons. The highest BCUT2D eigenvalue weighted by atomic mass is 35.5. The van der Waals surface area contributed by atoms with Crippen molar-refractivity contribution in [1.82, 2.24) is 14.8 Å². The molecular weight excluding hydrogens is 423 g/mol. The van der Waals surface area contributed by atoms with Crippen LogP contribution < -0.4 is 4.90 Å². The van der Waals surface area contributed by atoms with Crippen molar-refractivity contribution in [3.8, 4) is 0 Å². The zero-order valence-electron chi connectivity index (χ0n) is 16.8. The van der Waals surface area contributed by atoms with Crippen molar-refractivity contribution in [2.24, 2.45) is 0 Å². The van der Waals surface area contributed by atoms with Crippen LogP contribution in [0.1, 0.15) is 27.3 Å². The van der Waals surface area contributed by atoms with Gasteiger partial charge in [-0.05, 0) is 62.7 Å². The number of aryl methyl sites for hydroxylation is 3. The van der Waals surface area contributed by atoms with Crippen molar-refractivity contribution in [2.75, 3.05) is 11.4 Å². The number of rotatable bonds is 5. The first-order valence-electron chi connectivity index (χ1n) is 9.47. The second-order valence-corrected chi connectivity index (χ2v) is 8.63. The number of carbonyl (C=O) groups excluding carboxylic acids is 1. The highest BCUT2D eigenvalue weighted by Crippen LogP contribution is 2.33. The van der Waals surface area contributed by atoms with Crippen LogP contribution in [0.3, 0.4) is 0 Å². The van der Waals surface area contributed by atoms with Crippen LogP contribution in [0.2, 0.25) is 5.02 Å². The monoisotopic (exact) mass is 442 g/mol. The van der Waals surface area contributed by atoms with Gasteiger partial charge in [-0.1, -0.05) is 29.0 Å². The van der Waals surface area contributed by atoms with Crippen molar-refractivity contribution in [2.45, 2.75) is 27.3 Å². The second-order valence-electron chi connectivity index (χ2n) is 7.18. The summed E-state index contributed by atoms with van der Waals surface area (Å²) in [5.74, 6) is -0.759.